The number of nitrogens with one attached hydrogen (secondary N) is 1. The summed E-state index contributed by atoms with van der Waals surface area (Å²) in [6.07, 6.45) is 16.0. The molecule has 6 heteroatoms. The first kappa shape index (κ1) is 20.6. The van der Waals surface area contributed by atoms with Gasteiger partial charge in [-0.2, -0.15) is 0 Å². The van der Waals surface area contributed by atoms with Crippen molar-refractivity contribution in [3.8, 4) is 0 Å². The number of hydrogen-bond donors (Lipinski definition) is 1. The molecular weight excluding hydrogens is 344 g/mol. The first-order valence-electron chi connectivity index (χ1n) is 9.75. The monoisotopic (exact) mass is 380 g/mol. The Labute approximate surface area is 156 Å². The maximum atomic E-state index is 6.39. The molecule has 25 heavy (non-hydrogen) atoms. The fourth-order valence-corrected chi connectivity index (χ4v) is 21.0. The SMILES string of the molecule is CCCCC[Si]1(C2=CC=CC=CN2C)CCNCCC[Si]1(OC)OC. The van der Waals surface area contributed by atoms with E-state index in [1.165, 1.54) is 36.7 Å². The fraction of sp³-hybridized carbons (Fsp3) is 0.684. The van der Waals surface area contributed by atoms with Crippen molar-refractivity contribution >= 4 is 15.7 Å². The molecule has 1 unspecified atom stereocenters. The molecule has 4 nitrogen and oxygen atoms in total. The molecule has 0 aromatic rings. The van der Waals surface area contributed by atoms with Crippen molar-refractivity contribution in [2.24, 2.45) is 0 Å². The van der Waals surface area contributed by atoms with Crippen LogP contribution < -0.4 is 5.32 Å². The highest BCUT2D eigenvalue weighted by atomic mass is 29.3. The van der Waals surface area contributed by atoms with Gasteiger partial charge in [-0.15, -0.1) is 0 Å². The van der Waals surface area contributed by atoms with Crippen molar-refractivity contribution in [3.63, 3.8) is 0 Å². The summed E-state index contributed by atoms with van der Waals surface area (Å²) in [6.45, 7) is 4.45. The first-order chi connectivity index (χ1) is 12.2. The fourth-order valence-electron chi connectivity index (χ4n) is 4.51. The average Bonchev–Trinajstić information content (AvgIpc) is 2.83. The third kappa shape index (κ3) is 4.36. The summed E-state index contributed by atoms with van der Waals surface area (Å²) in [7, 11) is 1.79. The summed E-state index contributed by atoms with van der Waals surface area (Å²) in [5.41, 5.74) is 0. The van der Waals surface area contributed by atoms with E-state index in [1.807, 2.05) is 14.2 Å². The predicted octanol–water partition coefficient (Wildman–Crippen LogP) is 3.87. The van der Waals surface area contributed by atoms with Gasteiger partial charge in [-0.1, -0.05) is 38.3 Å². The molecule has 0 spiro atoms. The summed E-state index contributed by atoms with van der Waals surface area (Å²) in [5.74, 6) is 0. The summed E-state index contributed by atoms with van der Waals surface area (Å²) in [4.78, 5) is 2.35. The topological polar surface area (TPSA) is 33.7 Å². The van der Waals surface area contributed by atoms with Crippen LogP contribution in [-0.2, 0) is 8.85 Å². The van der Waals surface area contributed by atoms with Crippen LogP contribution in [0, 0.1) is 0 Å². The van der Waals surface area contributed by atoms with E-state index >= 15 is 0 Å². The Morgan fingerprint density at radius 3 is 2.60 bits per heavy atom. The van der Waals surface area contributed by atoms with E-state index in [2.05, 4.69) is 54.7 Å². The Balaban J connectivity index is 2.53. The van der Waals surface area contributed by atoms with E-state index in [4.69, 9.17) is 8.85 Å². The smallest absolute Gasteiger partial charge is 0.323 e. The van der Waals surface area contributed by atoms with Crippen molar-refractivity contribution in [2.45, 2.75) is 50.7 Å². The molecule has 0 aromatic carbocycles. The van der Waals surface area contributed by atoms with Gasteiger partial charge < -0.3 is 19.1 Å². The molecule has 0 bridgehead atoms. The molecular formula is C19H36N2O2Si2. The van der Waals surface area contributed by atoms with Gasteiger partial charge in [0.25, 0.3) is 0 Å². The summed E-state index contributed by atoms with van der Waals surface area (Å²) < 4.78 is 12.8. The van der Waals surface area contributed by atoms with Crippen LogP contribution in [0.5, 0.6) is 0 Å². The molecule has 142 valence electrons. The number of rotatable bonds is 7. The minimum Gasteiger partial charge on any atom is -0.400 e. The largest absolute Gasteiger partial charge is 0.400 e. The third-order valence-corrected chi connectivity index (χ3v) is 22.1. The van der Waals surface area contributed by atoms with Gasteiger partial charge in [0.05, 0.1) is 0 Å². The van der Waals surface area contributed by atoms with Gasteiger partial charge in [0.2, 0.25) is 0 Å². The van der Waals surface area contributed by atoms with Gasteiger partial charge in [0.15, 0.2) is 7.59 Å². The quantitative estimate of drug-likeness (QED) is 0.537. The van der Waals surface area contributed by atoms with Crippen LogP contribution in [0.2, 0.25) is 18.1 Å². The van der Waals surface area contributed by atoms with E-state index in [-0.39, 0.29) is 0 Å². The van der Waals surface area contributed by atoms with Gasteiger partial charge in [0, 0.05) is 32.8 Å². The maximum absolute atomic E-state index is 6.39. The molecule has 1 fully saturated rings. The number of allylic oxidation sites excluding steroid dienone is 4. The summed E-state index contributed by atoms with van der Waals surface area (Å²) >= 11 is 0. The van der Waals surface area contributed by atoms with Gasteiger partial charge in [-0.05, 0) is 49.8 Å². The zero-order valence-corrected chi connectivity index (χ0v) is 18.5. The lowest BCUT2D eigenvalue weighted by molar-refractivity contribution is 0.258. The lowest BCUT2D eigenvalue weighted by Gasteiger charge is -2.48. The Hall–Kier alpha value is -0.666. The highest BCUT2D eigenvalue weighted by Crippen LogP contribution is 2.41. The number of unbranched alkanes of at least 4 members (excludes halogenated alkanes) is 2. The maximum Gasteiger partial charge on any atom is 0.323 e. The third-order valence-electron chi connectivity index (χ3n) is 5.84. The molecule has 2 aliphatic rings. The van der Waals surface area contributed by atoms with Gasteiger partial charge in [-0.3, -0.25) is 0 Å². The minimum atomic E-state index is -2.27. The van der Waals surface area contributed by atoms with E-state index < -0.39 is 15.7 Å². The van der Waals surface area contributed by atoms with E-state index in [1.54, 1.807) is 0 Å². The molecule has 0 amide bonds. The van der Waals surface area contributed by atoms with Crippen LogP contribution in [0.15, 0.2) is 35.8 Å². The Kier molecular flexibility index (Phi) is 8.15. The molecule has 2 aliphatic heterocycles. The van der Waals surface area contributed by atoms with Crippen LogP contribution in [0.4, 0.5) is 0 Å². The average molecular weight is 381 g/mol. The Morgan fingerprint density at radius 2 is 1.88 bits per heavy atom. The van der Waals surface area contributed by atoms with Gasteiger partial charge in [0.1, 0.15) is 0 Å². The number of hydrogen-bond acceptors (Lipinski definition) is 4. The van der Waals surface area contributed by atoms with Crippen LogP contribution >= 0.6 is 0 Å². The van der Waals surface area contributed by atoms with Crippen LogP contribution in [0.25, 0.3) is 0 Å². The standard InChI is InChI=1S/C19H36N2O2Si2/c1-5-6-10-16-24(19-12-8-7-9-15-21(19)2)18-14-20-13-11-17-25(24,22-3)23-4/h7-9,12,15,20H,5-6,10-11,13-14,16-18H2,1-4H3. The van der Waals surface area contributed by atoms with Crippen LogP contribution in [-0.4, -0.2) is 54.9 Å². The molecule has 0 radical (unpaired) electrons. The molecule has 1 saturated heterocycles. The van der Waals surface area contributed by atoms with Crippen molar-refractivity contribution in [3.05, 3.63) is 35.8 Å². The van der Waals surface area contributed by atoms with Crippen molar-refractivity contribution in [2.75, 3.05) is 34.4 Å². The molecule has 2 heterocycles. The molecule has 2 rings (SSSR count). The molecule has 1 atom stereocenters. The predicted molar refractivity (Wildman–Crippen MR) is 111 cm³/mol. The summed E-state index contributed by atoms with van der Waals surface area (Å²) in [6, 6.07) is 3.58. The van der Waals surface area contributed by atoms with E-state index in [0.717, 1.165) is 25.6 Å². The van der Waals surface area contributed by atoms with Crippen LogP contribution in [0.1, 0.15) is 32.6 Å². The second kappa shape index (κ2) is 9.87. The normalized spacial score (nSPS) is 26.7. The lowest BCUT2D eigenvalue weighted by Crippen LogP contribution is -2.70. The van der Waals surface area contributed by atoms with E-state index in [9.17, 15) is 0 Å². The van der Waals surface area contributed by atoms with Gasteiger partial charge in [-0.25, -0.2) is 0 Å². The van der Waals surface area contributed by atoms with Gasteiger partial charge >= 0.3 is 8.08 Å². The highest BCUT2D eigenvalue weighted by molar-refractivity contribution is 7.40. The zero-order valence-electron chi connectivity index (χ0n) is 16.5. The first-order valence-corrected chi connectivity index (χ1v) is 15.2. The second-order valence-electron chi connectivity index (χ2n) is 7.19. The molecule has 0 saturated carbocycles. The molecule has 1 N–H and O–H groups in total. The highest BCUT2D eigenvalue weighted by Gasteiger charge is 2.60. The Morgan fingerprint density at radius 1 is 1.08 bits per heavy atom. The lowest BCUT2D eigenvalue weighted by atomic mass is 10.3. The Bertz CT molecular complexity index is 504. The summed E-state index contributed by atoms with van der Waals surface area (Å²) in [5, 5.41) is 5.15. The van der Waals surface area contributed by atoms with Crippen molar-refractivity contribution in [1.82, 2.24) is 10.2 Å². The molecule has 0 aromatic heterocycles. The van der Waals surface area contributed by atoms with Crippen molar-refractivity contribution < 1.29 is 8.85 Å². The van der Waals surface area contributed by atoms with Crippen LogP contribution in [0.3, 0.4) is 0 Å². The number of nitrogens with zero attached hydrogens (tertiary/aromatic N) is 1. The zero-order chi connectivity index (χ0) is 18.2. The minimum absolute atomic E-state index is 1.08. The van der Waals surface area contributed by atoms with E-state index in [0.29, 0.717) is 0 Å². The van der Waals surface area contributed by atoms with Crippen molar-refractivity contribution in [1.29, 1.82) is 0 Å². The second-order valence-corrected chi connectivity index (χ2v) is 18.8. The molecule has 0 aliphatic carbocycles.